The summed E-state index contributed by atoms with van der Waals surface area (Å²) in [4.78, 5) is 10.3. The van der Waals surface area contributed by atoms with E-state index >= 15 is 0 Å². The number of rotatable bonds is 6. The number of carbonyl (C=O) groups is 1. The minimum Gasteiger partial charge on any atom is -0.303 e. The zero-order chi connectivity index (χ0) is 11.1. The van der Waals surface area contributed by atoms with Crippen molar-refractivity contribution >= 4 is 6.29 Å². The molecule has 0 aliphatic heterocycles. The first-order valence-electron chi connectivity index (χ1n) is 5.78. The first kappa shape index (κ1) is 12.0. The molecule has 82 valence electrons. The molecule has 1 nitrogen and oxygen atoms in total. The fourth-order valence-corrected chi connectivity index (χ4v) is 1.98. The molecule has 0 saturated carbocycles. The molecule has 0 spiro atoms. The number of unbranched alkanes of at least 4 members (excludes halogenated alkanes) is 1. The molecule has 0 saturated heterocycles. The Labute approximate surface area is 92.5 Å². The van der Waals surface area contributed by atoms with Crippen LogP contribution in [0.4, 0.5) is 0 Å². The van der Waals surface area contributed by atoms with Crippen molar-refractivity contribution in [2.45, 2.75) is 45.4 Å². The largest absolute Gasteiger partial charge is 0.303 e. The number of aryl methyl sites for hydroxylation is 1. The fraction of sp³-hybridized carbons (Fsp3) is 0.500. The molecular formula is C14H20O. The van der Waals surface area contributed by atoms with E-state index in [2.05, 4.69) is 38.1 Å². The van der Waals surface area contributed by atoms with Gasteiger partial charge in [-0.3, -0.25) is 0 Å². The summed E-state index contributed by atoms with van der Waals surface area (Å²) in [5, 5.41) is 0. The molecule has 0 aliphatic rings. The second-order valence-corrected chi connectivity index (χ2v) is 4.12. The van der Waals surface area contributed by atoms with Crippen molar-refractivity contribution in [3.8, 4) is 0 Å². The molecule has 1 aromatic carbocycles. The van der Waals surface area contributed by atoms with E-state index < -0.39 is 0 Å². The van der Waals surface area contributed by atoms with E-state index in [-0.39, 0.29) is 0 Å². The van der Waals surface area contributed by atoms with Gasteiger partial charge >= 0.3 is 0 Å². The maximum Gasteiger partial charge on any atom is 0.119 e. The Morgan fingerprint density at radius 1 is 1.40 bits per heavy atom. The molecule has 1 aromatic rings. The van der Waals surface area contributed by atoms with Crippen molar-refractivity contribution < 1.29 is 4.79 Å². The lowest BCUT2D eigenvalue weighted by molar-refractivity contribution is -0.107. The quantitative estimate of drug-likeness (QED) is 0.508. The Balaban J connectivity index is 2.61. The van der Waals surface area contributed by atoms with Gasteiger partial charge in [0.05, 0.1) is 0 Å². The molecule has 0 N–H and O–H groups in total. The van der Waals surface area contributed by atoms with Gasteiger partial charge in [-0.1, -0.05) is 36.8 Å². The highest BCUT2D eigenvalue weighted by atomic mass is 16.1. The van der Waals surface area contributed by atoms with Crippen LogP contribution >= 0.6 is 0 Å². The standard InChI is InChI=1S/C14H20O/c1-3-13(8-4-5-10-15)14-9-6-7-12(2)11-14/h6-7,9-11,13H,3-5,8H2,1-2H3. The molecule has 15 heavy (non-hydrogen) atoms. The van der Waals surface area contributed by atoms with Gasteiger partial charge in [0.15, 0.2) is 0 Å². The topological polar surface area (TPSA) is 17.1 Å². The van der Waals surface area contributed by atoms with Crippen LogP contribution in [0.1, 0.15) is 49.7 Å². The van der Waals surface area contributed by atoms with Crippen LogP contribution < -0.4 is 0 Å². The maximum absolute atomic E-state index is 10.3. The molecule has 1 atom stereocenters. The van der Waals surface area contributed by atoms with Gasteiger partial charge < -0.3 is 4.79 Å². The molecule has 1 heteroatoms. The van der Waals surface area contributed by atoms with Crippen LogP contribution in [-0.4, -0.2) is 6.29 Å². The number of aldehydes is 1. The Morgan fingerprint density at radius 2 is 2.20 bits per heavy atom. The van der Waals surface area contributed by atoms with Gasteiger partial charge in [0.1, 0.15) is 6.29 Å². The number of carbonyl (C=O) groups excluding carboxylic acids is 1. The first-order valence-corrected chi connectivity index (χ1v) is 5.78. The van der Waals surface area contributed by atoms with Gasteiger partial charge in [-0.25, -0.2) is 0 Å². The second kappa shape index (κ2) is 6.39. The lowest BCUT2D eigenvalue weighted by atomic mass is 9.90. The Kier molecular flexibility index (Phi) is 5.09. The highest BCUT2D eigenvalue weighted by Crippen LogP contribution is 2.25. The minimum atomic E-state index is 0.616. The van der Waals surface area contributed by atoms with Gasteiger partial charge in [0.2, 0.25) is 0 Å². The van der Waals surface area contributed by atoms with Crippen molar-refractivity contribution in [1.82, 2.24) is 0 Å². The summed E-state index contributed by atoms with van der Waals surface area (Å²) in [5.41, 5.74) is 2.74. The minimum absolute atomic E-state index is 0.616. The van der Waals surface area contributed by atoms with E-state index in [1.807, 2.05) is 0 Å². The molecule has 0 heterocycles. The van der Waals surface area contributed by atoms with E-state index in [0.29, 0.717) is 12.3 Å². The molecular weight excluding hydrogens is 184 g/mol. The van der Waals surface area contributed by atoms with Crippen molar-refractivity contribution in [3.05, 3.63) is 35.4 Å². The van der Waals surface area contributed by atoms with Gasteiger partial charge in [-0.05, 0) is 37.7 Å². The third kappa shape index (κ3) is 3.86. The molecule has 0 aliphatic carbocycles. The molecule has 0 fully saturated rings. The zero-order valence-electron chi connectivity index (χ0n) is 9.70. The van der Waals surface area contributed by atoms with E-state index in [9.17, 15) is 4.79 Å². The van der Waals surface area contributed by atoms with Gasteiger partial charge in [0, 0.05) is 6.42 Å². The predicted molar refractivity (Wildman–Crippen MR) is 64.1 cm³/mol. The average molecular weight is 204 g/mol. The van der Waals surface area contributed by atoms with Gasteiger partial charge in [-0.15, -0.1) is 0 Å². The van der Waals surface area contributed by atoms with Crippen LogP contribution in [0.2, 0.25) is 0 Å². The van der Waals surface area contributed by atoms with E-state index in [4.69, 9.17) is 0 Å². The summed E-state index contributed by atoms with van der Waals surface area (Å²) in [6, 6.07) is 8.70. The Morgan fingerprint density at radius 3 is 2.80 bits per heavy atom. The average Bonchev–Trinajstić information content (AvgIpc) is 2.24. The van der Waals surface area contributed by atoms with Crippen molar-refractivity contribution in [2.24, 2.45) is 0 Å². The fourth-order valence-electron chi connectivity index (χ4n) is 1.98. The second-order valence-electron chi connectivity index (χ2n) is 4.12. The lowest BCUT2D eigenvalue weighted by Gasteiger charge is -2.15. The Hall–Kier alpha value is -1.11. The van der Waals surface area contributed by atoms with Crippen LogP contribution in [-0.2, 0) is 4.79 Å². The highest BCUT2D eigenvalue weighted by molar-refractivity contribution is 5.49. The summed E-state index contributed by atoms with van der Waals surface area (Å²) < 4.78 is 0. The van der Waals surface area contributed by atoms with Crippen molar-refractivity contribution in [2.75, 3.05) is 0 Å². The monoisotopic (exact) mass is 204 g/mol. The first-order chi connectivity index (χ1) is 7.27. The summed E-state index contributed by atoms with van der Waals surface area (Å²) in [6.45, 7) is 4.34. The SMILES string of the molecule is CCC(CCCC=O)c1cccc(C)c1. The smallest absolute Gasteiger partial charge is 0.119 e. The number of hydrogen-bond donors (Lipinski definition) is 0. The summed E-state index contributed by atoms with van der Waals surface area (Å²) in [5.74, 6) is 0.616. The summed E-state index contributed by atoms with van der Waals surface area (Å²) >= 11 is 0. The number of hydrogen-bond acceptors (Lipinski definition) is 1. The molecule has 1 rings (SSSR count). The van der Waals surface area contributed by atoms with Crippen molar-refractivity contribution in [3.63, 3.8) is 0 Å². The third-order valence-corrected chi connectivity index (χ3v) is 2.88. The molecule has 0 radical (unpaired) electrons. The maximum atomic E-state index is 10.3. The van der Waals surface area contributed by atoms with Gasteiger partial charge in [-0.2, -0.15) is 0 Å². The normalized spacial score (nSPS) is 12.4. The van der Waals surface area contributed by atoms with Gasteiger partial charge in [0.25, 0.3) is 0 Å². The van der Waals surface area contributed by atoms with E-state index in [0.717, 1.165) is 25.5 Å². The molecule has 0 amide bonds. The van der Waals surface area contributed by atoms with Crippen LogP contribution in [0, 0.1) is 6.92 Å². The van der Waals surface area contributed by atoms with E-state index in [1.165, 1.54) is 11.1 Å². The van der Waals surface area contributed by atoms with Crippen molar-refractivity contribution in [1.29, 1.82) is 0 Å². The molecule has 0 aromatic heterocycles. The van der Waals surface area contributed by atoms with Crippen LogP contribution in [0.3, 0.4) is 0 Å². The summed E-state index contributed by atoms with van der Waals surface area (Å²) in [7, 11) is 0. The summed E-state index contributed by atoms with van der Waals surface area (Å²) in [6.07, 6.45) is 5.00. The number of benzene rings is 1. The van der Waals surface area contributed by atoms with Crippen LogP contribution in [0.15, 0.2) is 24.3 Å². The Bertz CT molecular complexity index is 304. The van der Waals surface area contributed by atoms with E-state index in [1.54, 1.807) is 0 Å². The van der Waals surface area contributed by atoms with Crippen LogP contribution in [0.5, 0.6) is 0 Å². The highest BCUT2D eigenvalue weighted by Gasteiger charge is 2.08. The zero-order valence-corrected chi connectivity index (χ0v) is 9.70. The molecule has 0 bridgehead atoms. The third-order valence-electron chi connectivity index (χ3n) is 2.88. The predicted octanol–water partition coefficient (Wildman–Crippen LogP) is 3.86. The van der Waals surface area contributed by atoms with Crippen LogP contribution in [0.25, 0.3) is 0 Å². The molecule has 1 unspecified atom stereocenters. The lowest BCUT2D eigenvalue weighted by Crippen LogP contribution is -1.98.